The highest BCUT2D eigenvalue weighted by Crippen LogP contribution is 2.49. The Labute approximate surface area is 242 Å². The minimum absolute atomic E-state index is 0.0785. The molecule has 7 heteroatoms. The molecule has 0 unspecified atom stereocenters. The highest BCUT2D eigenvalue weighted by molar-refractivity contribution is 7.89. The lowest BCUT2D eigenvalue weighted by molar-refractivity contribution is -0.120. The van der Waals surface area contributed by atoms with Gasteiger partial charge in [0.25, 0.3) is 0 Å². The smallest absolute Gasteiger partial charge is 0.241 e. The van der Waals surface area contributed by atoms with E-state index in [9.17, 15) is 13.2 Å². The van der Waals surface area contributed by atoms with Crippen LogP contribution < -0.4 is 9.62 Å². The Morgan fingerprint density at radius 3 is 2.54 bits per heavy atom. The normalized spacial score (nSPS) is 19.8. The van der Waals surface area contributed by atoms with Crippen LogP contribution in [0.5, 0.6) is 0 Å². The summed E-state index contributed by atoms with van der Waals surface area (Å²) >= 11 is 0. The number of hydrogen-bond acceptors (Lipinski definition) is 4. The highest BCUT2D eigenvalue weighted by Gasteiger charge is 2.46. The Balaban J connectivity index is 1.32. The minimum Gasteiger partial charge on any atom is -0.306 e. The van der Waals surface area contributed by atoms with E-state index < -0.39 is 10.0 Å². The Hall–Kier alpha value is -3.81. The maximum absolute atomic E-state index is 14.1. The van der Waals surface area contributed by atoms with Gasteiger partial charge < -0.3 is 4.90 Å². The number of nitrogens with one attached hydrogen (secondary N) is 1. The second-order valence-electron chi connectivity index (χ2n) is 11.3. The number of pyridine rings is 1. The molecular formula is C34H35N3O3S. The van der Waals surface area contributed by atoms with E-state index in [1.54, 1.807) is 18.2 Å². The van der Waals surface area contributed by atoms with Crippen LogP contribution in [0.3, 0.4) is 0 Å². The first kappa shape index (κ1) is 27.4. The second kappa shape index (κ2) is 11.2. The number of benzene rings is 3. The van der Waals surface area contributed by atoms with Crippen molar-refractivity contribution in [2.75, 3.05) is 4.90 Å². The number of carbonyl (C=O) groups excluding carboxylic acids is 1. The third-order valence-corrected chi connectivity index (χ3v) is 9.69. The van der Waals surface area contributed by atoms with Crippen molar-refractivity contribution in [1.82, 2.24) is 9.71 Å². The lowest BCUT2D eigenvalue weighted by atomic mass is 9.87. The van der Waals surface area contributed by atoms with Gasteiger partial charge in [-0.3, -0.25) is 9.78 Å². The Bertz CT molecular complexity index is 1690. The van der Waals surface area contributed by atoms with Gasteiger partial charge in [0.05, 0.1) is 17.1 Å². The van der Waals surface area contributed by atoms with Gasteiger partial charge in [0.1, 0.15) is 0 Å². The first-order valence-corrected chi connectivity index (χ1v) is 15.8. The van der Waals surface area contributed by atoms with Crippen LogP contribution in [-0.4, -0.2) is 19.3 Å². The van der Waals surface area contributed by atoms with Crippen LogP contribution in [0.2, 0.25) is 0 Å². The van der Waals surface area contributed by atoms with Crippen LogP contribution in [0.1, 0.15) is 64.9 Å². The molecule has 3 aromatic carbocycles. The molecule has 1 fully saturated rings. The summed E-state index contributed by atoms with van der Waals surface area (Å²) in [6.07, 6.45) is 3.30. The number of aromatic nitrogens is 1. The summed E-state index contributed by atoms with van der Waals surface area (Å²) in [5.41, 5.74) is 6.64. The van der Waals surface area contributed by atoms with E-state index in [4.69, 9.17) is 0 Å². The standard InChI is InChI=1S/C34H35N3O3S/c1-23-9-6-15-29(19-23)41(39,40)36-33-16-8-13-26-17-18-28(20-31(26)33)37(22-27-14-7-10-24(2)35-27)34(38)32-21-30(32)25-11-4-3-5-12-25/h3-7,9-12,14-15,17-20,30,32-33,36H,8,13,16,21-22H2,1-2H3/t30-,32+,33-/m0/s1. The van der Waals surface area contributed by atoms with Crippen molar-refractivity contribution >= 4 is 21.6 Å². The molecule has 210 valence electrons. The average molecular weight is 566 g/mol. The molecule has 1 heterocycles. The molecule has 0 saturated heterocycles. The van der Waals surface area contributed by atoms with E-state index in [2.05, 4.69) is 27.9 Å². The number of carbonyl (C=O) groups is 1. The number of anilines is 1. The Morgan fingerprint density at radius 1 is 0.951 bits per heavy atom. The zero-order chi connectivity index (χ0) is 28.6. The maximum Gasteiger partial charge on any atom is 0.241 e. The zero-order valence-corrected chi connectivity index (χ0v) is 24.3. The molecule has 0 spiro atoms. The zero-order valence-electron chi connectivity index (χ0n) is 23.5. The quantitative estimate of drug-likeness (QED) is 0.268. The first-order valence-electron chi connectivity index (χ1n) is 14.3. The van der Waals surface area contributed by atoms with Gasteiger partial charge in [-0.05, 0) is 104 Å². The molecule has 41 heavy (non-hydrogen) atoms. The van der Waals surface area contributed by atoms with E-state index in [0.717, 1.165) is 53.0 Å². The fourth-order valence-corrected chi connectivity index (χ4v) is 7.35. The topological polar surface area (TPSA) is 79.4 Å². The summed E-state index contributed by atoms with van der Waals surface area (Å²) in [6.45, 7) is 4.20. The van der Waals surface area contributed by atoms with Gasteiger partial charge in [-0.2, -0.15) is 0 Å². The van der Waals surface area contributed by atoms with E-state index in [1.165, 1.54) is 5.56 Å². The molecule has 6 rings (SSSR count). The van der Waals surface area contributed by atoms with Crippen molar-refractivity contribution in [1.29, 1.82) is 0 Å². The van der Waals surface area contributed by atoms with Crippen LogP contribution in [0, 0.1) is 19.8 Å². The molecule has 1 aromatic heterocycles. The molecule has 1 saturated carbocycles. The first-order chi connectivity index (χ1) is 19.8. The third kappa shape index (κ3) is 5.97. The summed E-state index contributed by atoms with van der Waals surface area (Å²) in [5, 5.41) is 0. The van der Waals surface area contributed by atoms with Crippen LogP contribution in [-0.2, 0) is 27.8 Å². The van der Waals surface area contributed by atoms with E-state index >= 15 is 0 Å². The molecule has 4 aromatic rings. The Morgan fingerprint density at radius 2 is 1.76 bits per heavy atom. The largest absolute Gasteiger partial charge is 0.306 e. The number of fused-ring (bicyclic) bond motifs is 1. The summed E-state index contributed by atoms with van der Waals surface area (Å²) < 4.78 is 29.7. The third-order valence-electron chi connectivity index (χ3n) is 8.22. The molecule has 2 aliphatic carbocycles. The number of aryl methyl sites for hydroxylation is 3. The summed E-state index contributed by atoms with van der Waals surface area (Å²) in [4.78, 5) is 20.9. The summed E-state index contributed by atoms with van der Waals surface area (Å²) in [5.74, 6) is 0.201. The molecule has 1 N–H and O–H groups in total. The Kier molecular flexibility index (Phi) is 7.49. The van der Waals surface area contributed by atoms with E-state index in [-0.39, 0.29) is 28.7 Å². The number of rotatable bonds is 8. The van der Waals surface area contributed by atoms with Gasteiger partial charge in [-0.15, -0.1) is 0 Å². The molecule has 0 bridgehead atoms. The monoisotopic (exact) mass is 565 g/mol. The molecule has 2 aliphatic rings. The van der Waals surface area contributed by atoms with Crippen molar-refractivity contribution in [3.05, 3.63) is 125 Å². The van der Waals surface area contributed by atoms with Crippen LogP contribution in [0.15, 0.2) is 95.9 Å². The van der Waals surface area contributed by atoms with Crippen LogP contribution in [0.4, 0.5) is 5.69 Å². The van der Waals surface area contributed by atoms with Gasteiger partial charge in [0.15, 0.2) is 0 Å². The fourth-order valence-electron chi connectivity index (χ4n) is 6.00. The maximum atomic E-state index is 14.1. The molecular weight excluding hydrogens is 530 g/mol. The van der Waals surface area contributed by atoms with Gasteiger partial charge in [0.2, 0.25) is 15.9 Å². The van der Waals surface area contributed by atoms with Crippen molar-refractivity contribution in [3.63, 3.8) is 0 Å². The fraction of sp³-hybridized carbons (Fsp3) is 0.294. The van der Waals surface area contributed by atoms with Crippen molar-refractivity contribution in [3.8, 4) is 0 Å². The van der Waals surface area contributed by atoms with Gasteiger partial charge >= 0.3 is 0 Å². The van der Waals surface area contributed by atoms with Crippen molar-refractivity contribution in [2.45, 2.75) is 62.9 Å². The number of amides is 1. The van der Waals surface area contributed by atoms with Gasteiger partial charge in [-0.25, -0.2) is 13.1 Å². The molecule has 3 atom stereocenters. The summed E-state index contributed by atoms with van der Waals surface area (Å²) in [6, 6.07) is 28.8. The highest BCUT2D eigenvalue weighted by atomic mass is 32.2. The second-order valence-corrected chi connectivity index (χ2v) is 13.0. The lowest BCUT2D eigenvalue weighted by Gasteiger charge is -2.29. The SMILES string of the molecule is Cc1cccc(S(=O)(=O)N[C@H]2CCCc3ccc(N(Cc4cccc(C)n4)C(=O)[C@@H]4C[C@H]4c4ccccc4)cc32)c1. The predicted octanol–water partition coefficient (Wildman–Crippen LogP) is 6.39. The van der Waals surface area contributed by atoms with Gasteiger partial charge in [-0.1, -0.05) is 54.6 Å². The van der Waals surface area contributed by atoms with E-state index in [0.29, 0.717) is 13.0 Å². The van der Waals surface area contributed by atoms with E-state index in [1.807, 2.05) is 73.3 Å². The average Bonchev–Trinajstić information content (AvgIpc) is 3.77. The number of nitrogens with zero attached hydrogens (tertiary/aromatic N) is 2. The number of hydrogen-bond donors (Lipinski definition) is 1. The molecule has 1 amide bonds. The molecule has 0 radical (unpaired) electrons. The number of sulfonamides is 1. The van der Waals surface area contributed by atoms with Crippen molar-refractivity contribution < 1.29 is 13.2 Å². The van der Waals surface area contributed by atoms with Crippen molar-refractivity contribution in [2.24, 2.45) is 5.92 Å². The minimum atomic E-state index is -3.71. The van der Waals surface area contributed by atoms with Crippen LogP contribution in [0.25, 0.3) is 0 Å². The lowest BCUT2D eigenvalue weighted by Crippen LogP contribution is -2.34. The summed E-state index contributed by atoms with van der Waals surface area (Å²) in [7, 11) is -3.71. The predicted molar refractivity (Wildman–Crippen MR) is 161 cm³/mol. The molecule has 6 nitrogen and oxygen atoms in total. The van der Waals surface area contributed by atoms with Gasteiger partial charge in [0, 0.05) is 23.3 Å². The van der Waals surface area contributed by atoms with Crippen LogP contribution >= 0.6 is 0 Å². The molecule has 0 aliphatic heterocycles.